The zero-order valence-electron chi connectivity index (χ0n) is 20.6. The minimum absolute atomic E-state index is 0.0202. The van der Waals surface area contributed by atoms with Gasteiger partial charge in [-0.2, -0.15) is 0 Å². The van der Waals surface area contributed by atoms with Crippen molar-refractivity contribution in [3.05, 3.63) is 42.1 Å². The summed E-state index contributed by atoms with van der Waals surface area (Å²) in [5, 5.41) is 1.10. The number of methoxy groups -OCH3 is 1. The van der Waals surface area contributed by atoms with Crippen LogP contribution >= 0.6 is 0 Å². The molecule has 0 radical (unpaired) electrons. The lowest BCUT2D eigenvalue weighted by atomic mass is 10.0. The standard InChI is InChI=1S/C27H32N6O2/c1-16(17-8-9-17)33-22(13-18-6-4-10-29-25(18)33)26-30-21-12-19(14-23(35-3)24(21)31(26)2)27(34)32-11-5-7-20(28)15-32/h4,6,10,12-14,16-17,20H,5,7-9,11,15,28H2,1-3H3/t16?,20-/m1/s1. The molecule has 1 unspecified atom stereocenters. The quantitative estimate of drug-likeness (QED) is 0.472. The third-order valence-corrected chi connectivity index (χ3v) is 7.68. The van der Waals surface area contributed by atoms with Gasteiger partial charge in [-0.3, -0.25) is 4.79 Å². The van der Waals surface area contributed by atoms with Crippen LogP contribution in [0.15, 0.2) is 36.5 Å². The van der Waals surface area contributed by atoms with E-state index in [4.69, 9.17) is 20.4 Å². The van der Waals surface area contributed by atoms with Crippen molar-refractivity contribution < 1.29 is 9.53 Å². The van der Waals surface area contributed by atoms with E-state index in [-0.39, 0.29) is 11.9 Å². The molecule has 1 aromatic carbocycles. The van der Waals surface area contributed by atoms with Crippen LogP contribution in [0.25, 0.3) is 33.6 Å². The number of carbonyl (C=O) groups excluding carboxylic acids is 1. The molecule has 4 heterocycles. The Kier molecular flexibility index (Phi) is 5.29. The molecule has 6 rings (SSSR count). The highest BCUT2D eigenvalue weighted by atomic mass is 16.5. The molecular formula is C27H32N6O2. The first-order chi connectivity index (χ1) is 17.0. The fourth-order valence-corrected chi connectivity index (χ4v) is 5.62. The van der Waals surface area contributed by atoms with E-state index in [9.17, 15) is 4.79 Å². The number of carbonyl (C=O) groups is 1. The average Bonchev–Trinajstić information content (AvgIpc) is 3.57. The smallest absolute Gasteiger partial charge is 0.254 e. The van der Waals surface area contributed by atoms with Crippen LogP contribution in [0.1, 0.15) is 49.0 Å². The second kappa shape index (κ2) is 8.37. The molecule has 1 amide bonds. The molecule has 0 bridgehead atoms. The summed E-state index contributed by atoms with van der Waals surface area (Å²) in [6.45, 7) is 3.59. The SMILES string of the molecule is COc1cc(C(=O)N2CCC[C@@H](N)C2)cc2nc(-c3cc4cccnc4n3C(C)C3CC3)n(C)c12. The summed E-state index contributed by atoms with van der Waals surface area (Å²) in [7, 11) is 3.65. The number of fused-ring (bicyclic) bond motifs is 2. The molecule has 2 atom stereocenters. The van der Waals surface area contributed by atoms with Crippen LogP contribution in [0, 0.1) is 5.92 Å². The highest BCUT2D eigenvalue weighted by Crippen LogP contribution is 2.43. The van der Waals surface area contributed by atoms with Gasteiger partial charge < -0.3 is 24.5 Å². The first-order valence-electron chi connectivity index (χ1n) is 12.5. The van der Waals surface area contributed by atoms with Gasteiger partial charge in [0.15, 0.2) is 5.82 Å². The van der Waals surface area contributed by atoms with Gasteiger partial charge in [0.2, 0.25) is 0 Å². The predicted octanol–water partition coefficient (Wildman–Crippen LogP) is 4.13. The summed E-state index contributed by atoms with van der Waals surface area (Å²) in [5.41, 5.74) is 10.4. The van der Waals surface area contributed by atoms with Crippen molar-refractivity contribution in [2.45, 2.75) is 44.7 Å². The van der Waals surface area contributed by atoms with Crippen LogP contribution in [0.2, 0.25) is 0 Å². The van der Waals surface area contributed by atoms with Crippen molar-refractivity contribution in [2.24, 2.45) is 18.7 Å². The molecule has 182 valence electrons. The first kappa shape index (κ1) is 22.1. The predicted molar refractivity (Wildman–Crippen MR) is 137 cm³/mol. The number of ether oxygens (including phenoxy) is 1. The topological polar surface area (TPSA) is 91.2 Å². The number of hydrogen-bond donors (Lipinski definition) is 1. The van der Waals surface area contributed by atoms with Crippen molar-refractivity contribution in [3.63, 3.8) is 0 Å². The van der Waals surface area contributed by atoms with Crippen LogP contribution in [-0.2, 0) is 7.05 Å². The van der Waals surface area contributed by atoms with Gasteiger partial charge in [-0.15, -0.1) is 0 Å². The number of piperidine rings is 1. The van der Waals surface area contributed by atoms with E-state index in [2.05, 4.69) is 28.2 Å². The van der Waals surface area contributed by atoms with Crippen LogP contribution in [0.5, 0.6) is 5.75 Å². The summed E-state index contributed by atoms with van der Waals surface area (Å²) in [6, 6.07) is 10.3. The zero-order chi connectivity index (χ0) is 24.3. The molecule has 1 aliphatic heterocycles. The molecule has 2 aliphatic rings. The van der Waals surface area contributed by atoms with Gasteiger partial charge in [0.05, 0.1) is 18.3 Å². The third-order valence-electron chi connectivity index (χ3n) is 7.68. The molecule has 3 aromatic heterocycles. The number of imidazole rings is 1. The molecule has 35 heavy (non-hydrogen) atoms. The molecule has 8 nitrogen and oxygen atoms in total. The fourth-order valence-electron chi connectivity index (χ4n) is 5.62. The minimum Gasteiger partial charge on any atom is -0.494 e. The van der Waals surface area contributed by atoms with E-state index in [0.717, 1.165) is 53.0 Å². The van der Waals surface area contributed by atoms with E-state index >= 15 is 0 Å². The Morgan fingerprint density at radius 3 is 2.80 bits per heavy atom. The number of aryl methyl sites for hydroxylation is 1. The van der Waals surface area contributed by atoms with E-state index in [1.165, 1.54) is 12.8 Å². The highest BCUT2D eigenvalue weighted by Gasteiger charge is 2.33. The Bertz CT molecular complexity index is 1430. The largest absolute Gasteiger partial charge is 0.494 e. The van der Waals surface area contributed by atoms with E-state index in [1.807, 2.05) is 36.3 Å². The van der Waals surface area contributed by atoms with Crippen molar-refractivity contribution in [1.82, 2.24) is 24.0 Å². The lowest BCUT2D eigenvalue weighted by Crippen LogP contribution is -2.45. The van der Waals surface area contributed by atoms with Crippen molar-refractivity contribution in [2.75, 3.05) is 20.2 Å². The van der Waals surface area contributed by atoms with Gasteiger partial charge in [-0.1, -0.05) is 0 Å². The van der Waals surface area contributed by atoms with Crippen LogP contribution < -0.4 is 10.5 Å². The summed E-state index contributed by atoms with van der Waals surface area (Å²) >= 11 is 0. The van der Waals surface area contributed by atoms with E-state index in [1.54, 1.807) is 7.11 Å². The lowest BCUT2D eigenvalue weighted by molar-refractivity contribution is 0.0708. The number of benzene rings is 1. The maximum absolute atomic E-state index is 13.3. The van der Waals surface area contributed by atoms with Crippen molar-refractivity contribution >= 4 is 28.0 Å². The van der Waals surface area contributed by atoms with Gasteiger partial charge in [-0.05, 0) is 68.9 Å². The van der Waals surface area contributed by atoms with Gasteiger partial charge in [0, 0.05) is 49.4 Å². The molecule has 8 heteroatoms. The zero-order valence-corrected chi connectivity index (χ0v) is 20.6. The van der Waals surface area contributed by atoms with Crippen LogP contribution in [0.4, 0.5) is 0 Å². The normalized spacial score (nSPS) is 19.4. The van der Waals surface area contributed by atoms with Gasteiger partial charge in [-0.25, -0.2) is 9.97 Å². The number of rotatable bonds is 5. The fraction of sp³-hybridized carbons (Fsp3) is 0.444. The summed E-state index contributed by atoms with van der Waals surface area (Å²) in [5.74, 6) is 2.13. The Hall–Kier alpha value is -3.39. The first-order valence-corrected chi connectivity index (χ1v) is 12.5. The molecule has 1 saturated carbocycles. The monoisotopic (exact) mass is 472 g/mol. The van der Waals surface area contributed by atoms with Gasteiger partial charge in [0.1, 0.15) is 16.9 Å². The van der Waals surface area contributed by atoms with Crippen molar-refractivity contribution in [3.8, 4) is 17.3 Å². The molecule has 0 spiro atoms. The molecular weight excluding hydrogens is 440 g/mol. The number of nitrogens with zero attached hydrogens (tertiary/aromatic N) is 5. The van der Waals surface area contributed by atoms with Crippen LogP contribution in [0.3, 0.4) is 0 Å². The molecule has 1 aliphatic carbocycles. The highest BCUT2D eigenvalue weighted by molar-refractivity contribution is 6.00. The van der Waals surface area contributed by atoms with Gasteiger partial charge >= 0.3 is 0 Å². The second-order valence-electron chi connectivity index (χ2n) is 10.1. The maximum Gasteiger partial charge on any atom is 0.254 e. The number of aromatic nitrogens is 4. The summed E-state index contributed by atoms with van der Waals surface area (Å²) < 4.78 is 10.2. The number of likely N-dealkylation sites (tertiary alicyclic amines) is 1. The minimum atomic E-state index is -0.0202. The van der Waals surface area contributed by atoms with Crippen LogP contribution in [-0.4, -0.2) is 56.2 Å². The number of nitrogens with two attached hydrogens (primary N) is 1. The Morgan fingerprint density at radius 1 is 1.23 bits per heavy atom. The maximum atomic E-state index is 13.3. The van der Waals surface area contributed by atoms with E-state index in [0.29, 0.717) is 29.8 Å². The molecule has 4 aromatic rings. The second-order valence-corrected chi connectivity index (χ2v) is 10.1. The number of amides is 1. The summed E-state index contributed by atoms with van der Waals surface area (Å²) in [4.78, 5) is 24.9. The number of pyridine rings is 1. The molecule has 2 fully saturated rings. The molecule has 1 saturated heterocycles. The van der Waals surface area contributed by atoms with E-state index < -0.39 is 0 Å². The summed E-state index contributed by atoms with van der Waals surface area (Å²) in [6.07, 6.45) is 6.23. The van der Waals surface area contributed by atoms with Gasteiger partial charge in [0.25, 0.3) is 5.91 Å². The molecule has 2 N–H and O–H groups in total. The Balaban J connectivity index is 1.49. The Morgan fingerprint density at radius 2 is 2.06 bits per heavy atom. The number of hydrogen-bond acceptors (Lipinski definition) is 5. The Labute approximate surface area is 204 Å². The third kappa shape index (κ3) is 3.67. The van der Waals surface area contributed by atoms with Crippen molar-refractivity contribution in [1.29, 1.82) is 0 Å². The average molecular weight is 473 g/mol. The lowest BCUT2D eigenvalue weighted by Gasteiger charge is -2.30.